The zero-order valence-electron chi connectivity index (χ0n) is 20.7. The molecule has 1 aromatic heterocycles. The number of nitrogens with zero attached hydrogens (tertiary/aromatic N) is 1. The topological polar surface area (TPSA) is 70.0 Å². The van der Waals surface area contributed by atoms with Crippen LogP contribution in [0.4, 0.5) is 0 Å². The van der Waals surface area contributed by atoms with Gasteiger partial charge in [0.15, 0.2) is 5.78 Å². The second-order valence-corrected chi connectivity index (χ2v) is 10.6. The number of piperidine rings is 1. The highest BCUT2D eigenvalue weighted by molar-refractivity contribution is 7.22. The van der Waals surface area contributed by atoms with Crippen LogP contribution in [0.2, 0.25) is 0 Å². The van der Waals surface area contributed by atoms with Crippen LogP contribution in [0, 0.1) is 13.8 Å². The number of thiophene rings is 1. The first-order chi connectivity index (χ1) is 17.4. The Hall–Kier alpha value is -3.35. The first kappa shape index (κ1) is 24.3. The van der Waals surface area contributed by atoms with E-state index in [9.17, 15) is 15.0 Å². The fourth-order valence-corrected chi connectivity index (χ4v) is 6.14. The Morgan fingerprint density at radius 1 is 0.944 bits per heavy atom. The van der Waals surface area contributed by atoms with Crippen LogP contribution in [0.15, 0.2) is 54.6 Å². The van der Waals surface area contributed by atoms with Crippen molar-refractivity contribution in [2.24, 2.45) is 0 Å². The van der Waals surface area contributed by atoms with E-state index in [1.807, 2.05) is 50.2 Å². The van der Waals surface area contributed by atoms with Gasteiger partial charge < -0.3 is 14.9 Å². The number of aromatic hydroxyl groups is 2. The summed E-state index contributed by atoms with van der Waals surface area (Å²) >= 11 is 1.47. The molecule has 0 aliphatic carbocycles. The molecule has 36 heavy (non-hydrogen) atoms. The highest BCUT2D eigenvalue weighted by Crippen LogP contribution is 2.42. The van der Waals surface area contributed by atoms with Crippen molar-refractivity contribution in [2.75, 3.05) is 26.2 Å². The van der Waals surface area contributed by atoms with Crippen molar-refractivity contribution in [1.29, 1.82) is 0 Å². The molecular weight excluding hydrogens is 470 g/mol. The number of likely N-dealkylation sites (tertiary alicyclic amines) is 1. The molecule has 6 heteroatoms. The molecule has 186 valence electrons. The fraction of sp³-hybridized carbons (Fsp3) is 0.300. The SMILES string of the molecule is Cc1cc(-c2sc3cc(O)ccc3c2C(=O)c2ccc(OCCN3CCCCC3)cc2)cc(C)c1O. The highest BCUT2D eigenvalue weighted by atomic mass is 32.1. The van der Waals surface area contributed by atoms with E-state index < -0.39 is 0 Å². The second kappa shape index (κ2) is 10.3. The van der Waals surface area contributed by atoms with E-state index >= 15 is 0 Å². The summed E-state index contributed by atoms with van der Waals surface area (Å²) in [5, 5.41) is 21.1. The van der Waals surface area contributed by atoms with Crippen molar-refractivity contribution in [3.63, 3.8) is 0 Å². The predicted molar refractivity (Wildman–Crippen MR) is 146 cm³/mol. The Labute approximate surface area is 215 Å². The molecule has 5 nitrogen and oxygen atoms in total. The molecular formula is C30H31NO4S. The van der Waals surface area contributed by atoms with E-state index in [0.29, 0.717) is 17.7 Å². The van der Waals surface area contributed by atoms with Gasteiger partial charge in [-0.1, -0.05) is 6.42 Å². The normalized spacial score (nSPS) is 14.3. The van der Waals surface area contributed by atoms with Gasteiger partial charge in [-0.25, -0.2) is 0 Å². The van der Waals surface area contributed by atoms with Crippen molar-refractivity contribution in [3.8, 4) is 27.7 Å². The first-order valence-electron chi connectivity index (χ1n) is 12.5. The first-order valence-corrected chi connectivity index (χ1v) is 13.3. The van der Waals surface area contributed by atoms with E-state index in [1.165, 1.54) is 30.6 Å². The summed E-state index contributed by atoms with van der Waals surface area (Å²) in [6.07, 6.45) is 3.85. The van der Waals surface area contributed by atoms with Crippen molar-refractivity contribution in [3.05, 3.63) is 76.9 Å². The van der Waals surface area contributed by atoms with Crippen LogP contribution in [-0.2, 0) is 0 Å². The van der Waals surface area contributed by atoms with E-state index in [2.05, 4.69) is 4.90 Å². The number of hydrogen-bond acceptors (Lipinski definition) is 6. The van der Waals surface area contributed by atoms with Crippen LogP contribution in [0.25, 0.3) is 20.5 Å². The number of fused-ring (bicyclic) bond motifs is 1. The molecule has 5 rings (SSSR count). The van der Waals surface area contributed by atoms with Gasteiger partial charge in [-0.05, 0) is 111 Å². The lowest BCUT2D eigenvalue weighted by molar-refractivity contribution is 0.104. The molecule has 0 amide bonds. The lowest BCUT2D eigenvalue weighted by Gasteiger charge is -2.26. The van der Waals surface area contributed by atoms with E-state index in [-0.39, 0.29) is 17.3 Å². The number of ketones is 1. The number of benzene rings is 3. The molecule has 1 saturated heterocycles. The molecule has 0 unspecified atom stereocenters. The average molecular weight is 502 g/mol. The molecule has 0 radical (unpaired) electrons. The Morgan fingerprint density at radius 2 is 1.64 bits per heavy atom. The van der Waals surface area contributed by atoms with Gasteiger partial charge in [0.2, 0.25) is 0 Å². The monoisotopic (exact) mass is 501 g/mol. The molecule has 2 N–H and O–H groups in total. The number of hydrogen-bond donors (Lipinski definition) is 2. The van der Waals surface area contributed by atoms with Crippen LogP contribution in [-0.4, -0.2) is 47.1 Å². The predicted octanol–water partition coefficient (Wildman–Crippen LogP) is 6.69. The molecule has 0 spiro atoms. The third kappa shape index (κ3) is 4.97. The average Bonchev–Trinajstić information content (AvgIpc) is 3.26. The zero-order valence-corrected chi connectivity index (χ0v) is 21.5. The molecule has 2 heterocycles. The third-order valence-electron chi connectivity index (χ3n) is 6.90. The second-order valence-electron chi connectivity index (χ2n) is 9.55. The van der Waals surface area contributed by atoms with E-state index in [4.69, 9.17) is 4.74 Å². The Bertz CT molecular complexity index is 1380. The molecule has 0 atom stereocenters. The molecule has 1 aliphatic heterocycles. The largest absolute Gasteiger partial charge is 0.508 e. The van der Waals surface area contributed by atoms with Crippen LogP contribution in [0.1, 0.15) is 46.3 Å². The molecule has 4 aromatic rings. The van der Waals surface area contributed by atoms with Crippen molar-refractivity contribution < 1.29 is 19.7 Å². The maximum absolute atomic E-state index is 13.8. The summed E-state index contributed by atoms with van der Waals surface area (Å²) in [6.45, 7) is 7.56. The lowest BCUT2D eigenvalue weighted by atomic mass is 9.96. The number of phenols is 2. The van der Waals surface area contributed by atoms with Crippen molar-refractivity contribution >= 4 is 27.2 Å². The number of rotatable bonds is 7. The molecule has 0 bridgehead atoms. The van der Waals surface area contributed by atoms with Crippen LogP contribution in [0.3, 0.4) is 0 Å². The summed E-state index contributed by atoms with van der Waals surface area (Å²) in [5.41, 5.74) is 3.59. The van der Waals surface area contributed by atoms with Gasteiger partial charge in [-0.15, -0.1) is 11.3 Å². The van der Waals surface area contributed by atoms with E-state index in [1.54, 1.807) is 18.2 Å². The number of ether oxygens (including phenoxy) is 1. The number of carbonyl (C=O) groups excluding carboxylic acids is 1. The van der Waals surface area contributed by atoms with Gasteiger partial charge in [0.1, 0.15) is 23.9 Å². The van der Waals surface area contributed by atoms with Gasteiger partial charge >= 0.3 is 0 Å². The smallest absolute Gasteiger partial charge is 0.195 e. The maximum atomic E-state index is 13.8. The maximum Gasteiger partial charge on any atom is 0.195 e. The lowest BCUT2D eigenvalue weighted by Crippen LogP contribution is -2.33. The van der Waals surface area contributed by atoms with Crippen LogP contribution < -0.4 is 4.74 Å². The van der Waals surface area contributed by atoms with Gasteiger partial charge in [0, 0.05) is 32.6 Å². The number of carbonyl (C=O) groups is 1. The molecule has 3 aromatic carbocycles. The fourth-order valence-electron chi connectivity index (χ4n) is 4.92. The molecule has 1 aliphatic rings. The summed E-state index contributed by atoms with van der Waals surface area (Å²) in [5.74, 6) is 1.11. The van der Waals surface area contributed by atoms with Crippen LogP contribution in [0.5, 0.6) is 17.2 Å². The number of phenolic OH excluding ortho intramolecular Hbond substituents is 2. The summed E-state index contributed by atoms with van der Waals surface area (Å²) in [6, 6.07) is 16.3. The highest BCUT2D eigenvalue weighted by Gasteiger charge is 2.23. The Kier molecular flexibility index (Phi) is 6.99. The van der Waals surface area contributed by atoms with Crippen LogP contribution >= 0.6 is 11.3 Å². The number of aryl methyl sites for hydroxylation is 2. The minimum Gasteiger partial charge on any atom is -0.508 e. The van der Waals surface area contributed by atoms with Gasteiger partial charge in [-0.2, -0.15) is 0 Å². The van der Waals surface area contributed by atoms with Crippen molar-refractivity contribution in [2.45, 2.75) is 33.1 Å². The standard InChI is InChI=1S/C30H31NO4S/c1-19-16-22(17-20(2)28(19)33)30-27(25-11-8-23(32)18-26(25)36-30)29(34)21-6-9-24(10-7-21)35-15-14-31-12-4-3-5-13-31/h6-11,16-18,32-33H,3-5,12-15H2,1-2H3. The molecule has 0 saturated carbocycles. The van der Waals surface area contributed by atoms with Crippen molar-refractivity contribution in [1.82, 2.24) is 4.90 Å². The Balaban J connectivity index is 1.43. The minimum atomic E-state index is -0.0785. The quantitative estimate of drug-likeness (QED) is 0.276. The Morgan fingerprint density at radius 3 is 2.33 bits per heavy atom. The zero-order chi connectivity index (χ0) is 25.2. The van der Waals surface area contributed by atoms with Gasteiger partial charge in [-0.3, -0.25) is 9.69 Å². The third-order valence-corrected chi connectivity index (χ3v) is 8.10. The van der Waals surface area contributed by atoms with Gasteiger partial charge in [0.25, 0.3) is 0 Å². The summed E-state index contributed by atoms with van der Waals surface area (Å²) < 4.78 is 6.79. The minimum absolute atomic E-state index is 0.0785. The summed E-state index contributed by atoms with van der Waals surface area (Å²) in [4.78, 5) is 17.1. The molecule has 1 fully saturated rings. The van der Waals surface area contributed by atoms with Gasteiger partial charge in [0.05, 0.1) is 0 Å². The van der Waals surface area contributed by atoms with E-state index in [0.717, 1.165) is 57.0 Å². The summed E-state index contributed by atoms with van der Waals surface area (Å²) in [7, 11) is 0.